The van der Waals surface area contributed by atoms with E-state index in [0.29, 0.717) is 5.88 Å². The van der Waals surface area contributed by atoms with E-state index in [1.54, 1.807) is 0 Å². The first-order valence-electron chi connectivity index (χ1n) is 6.19. The second kappa shape index (κ2) is 5.02. The van der Waals surface area contributed by atoms with Gasteiger partial charge >= 0.3 is 0 Å². The van der Waals surface area contributed by atoms with E-state index in [4.69, 9.17) is 11.6 Å². The second-order valence-electron chi connectivity index (χ2n) is 4.54. The van der Waals surface area contributed by atoms with E-state index in [2.05, 4.69) is 27.5 Å². The van der Waals surface area contributed by atoms with Gasteiger partial charge in [0.25, 0.3) is 0 Å². The summed E-state index contributed by atoms with van der Waals surface area (Å²) in [6.07, 6.45) is 3.71. The number of alkyl halides is 1. The van der Waals surface area contributed by atoms with Crippen molar-refractivity contribution in [1.29, 1.82) is 0 Å². The molecule has 0 aliphatic rings. The van der Waals surface area contributed by atoms with Crippen molar-refractivity contribution in [2.75, 3.05) is 0 Å². The summed E-state index contributed by atoms with van der Waals surface area (Å²) in [5.41, 5.74) is 4.53. The largest absolute Gasteiger partial charge is 0.322 e. The quantitative estimate of drug-likeness (QED) is 0.683. The van der Waals surface area contributed by atoms with Gasteiger partial charge < -0.3 is 4.57 Å². The average molecular weight is 272 g/mol. The molecular weight excluding hydrogens is 258 g/mol. The van der Waals surface area contributed by atoms with Gasteiger partial charge in [0.05, 0.1) is 16.9 Å². The van der Waals surface area contributed by atoms with Gasteiger partial charge in [-0.15, -0.1) is 11.6 Å². The first-order chi connectivity index (χ1) is 9.29. The Balaban J connectivity index is 2.12. The number of nitrogens with zero attached hydrogens (tertiary/aromatic N) is 3. The molecule has 2 heterocycles. The lowest BCUT2D eigenvalue weighted by Gasteiger charge is -2.09. The molecule has 0 amide bonds. The molecule has 0 N–H and O–H groups in total. The first-order valence-corrected chi connectivity index (χ1v) is 6.72. The fourth-order valence-electron chi connectivity index (χ4n) is 2.25. The number of pyridine rings is 1. The Hall–Kier alpha value is -1.87. The summed E-state index contributed by atoms with van der Waals surface area (Å²) in [6.45, 7) is 2.85. The maximum Gasteiger partial charge on any atom is 0.125 e. The average Bonchev–Trinajstić information content (AvgIpc) is 2.79. The number of hydrogen-bond donors (Lipinski definition) is 0. The fraction of sp³-hybridized carbons (Fsp3) is 0.200. The van der Waals surface area contributed by atoms with Gasteiger partial charge in [-0.05, 0) is 36.2 Å². The van der Waals surface area contributed by atoms with Crippen molar-refractivity contribution in [3.63, 3.8) is 0 Å². The van der Waals surface area contributed by atoms with Crippen LogP contribution in [0.4, 0.5) is 0 Å². The van der Waals surface area contributed by atoms with Gasteiger partial charge in [-0.25, -0.2) is 4.98 Å². The lowest BCUT2D eigenvalue weighted by Crippen LogP contribution is -2.05. The molecule has 0 saturated heterocycles. The van der Waals surface area contributed by atoms with Crippen LogP contribution in [0.2, 0.25) is 0 Å². The molecule has 3 aromatic rings. The van der Waals surface area contributed by atoms with Gasteiger partial charge in [-0.2, -0.15) is 0 Å². The Labute approximate surface area is 116 Å². The fourth-order valence-corrected chi connectivity index (χ4v) is 2.46. The van der Waals surface area contributed by atoms with Crippen LogP contribution in [0, 0.1) is 6.92 Å². The minimum absolute atomic E-state index is 0.415. The van der Waals surface area contributed by atoms with E-state index in [9.17, 15) is 0 Å². The van der Waals surface area contributed by atoms with Crippen molar-refractivity contribution in [3.8, 4) is 0 Å². The van der Waals surface area contributed by atoms with E-state index in [1.807, 2.05) is 36.7 Å². The van der Waals surface area contributed by atoms with Crippen LogP contribution >= 0.6 is 11.6 Å². The number of halogens is 1. The maximum atomic E-state index is 6.01. The predicted octanol–water partition coefficient (Wildman–Crippen LogP) is 3.53. The van der Waals surface area contributed by atoms with Gasteiger partial charge in [0.15, 0.2) is 0 Å². The standard InChI is InChI=1S/C15H14ClN3/c1-11-9-17-7-6-12(11)10-19-14-5-3-2-4-13(14)18-15(19)8-16/h2-7,9H,8,10H2,1H3. The lowest BCUT2D eigenvalue weighted by atomic mass is 10.1. The minimum Gasteiger partial charge on any atom is -0.322 e. The zero-order valence-corrected chi connectivity index (χ0v) is 11.4. The summed E-state index contributed by atoms with van der Waals surface area (Å²) >= 11 is 6.01. The summed E-state index contributed by atoms with van der Waals surface area (Å²) in [5.74, 6) is 1.32. The molecule has 2 aromatic heterocycles. The van der Waals surface area contributed by atoms with Crippen LogP contribution in [0.1, 0.15) is 17.0 Å². The highest BCUT2D eigenvalue weighted by Gasteiger charge is 2.10. The highest BCUT2D eigenvalue weighted by Crippen LogP contribution is 2.19. The van der Waals surface area contributed by atoms with Gasteiger partial charge in [0.1, 0.15) is 5.82 Å². The van der Waals surface area contributed by atoms with Crippen LogP contribution in [0.3, 0.4) is 0 Å². The summed E-state index contributed by atoms with van der Waals surface area (Å²) in [7, 11) is 0. The van der Waals surface area contributed by atoms with E-state index in [1.165, 1.54) is 11.1 Å². The topological polar surface area (TPSA) is 30.7 Å². The van der Waals surface area contributed by atoms with Crippen LogP contribution in [0.25, 0.3) is 11.0 Å². The summed E-state index contributed by atoms with van der Waals surface area (Å²) < 4.78 is 2.17. The molecule has 1 aromatic carbocycles. The van der Waals surface area contributed by atoms with E-state index in [-0.39, 0.29) is 0 Å². The Kier molecular flexibility index (Phi) is 3.22. The zero-order chi connectivity index (χ0) is 13.2. The third-order valence-electron chi connectivity index (χ3n) is 3.32. The second-order valence-corrected chi connectivity index (χ2v) is 4.81. The predicted molar refractivity (Wildman–Crippen MR) is 77.4 cm³/mol. The van der Waals surface area contributed by atoms with Crippen LogP contribution < -0.4 is 0 Å². The number of aromatic nitrogens is 3. The van der Waals surface area contributed by atoms with Crippen molar-refractivity contribution < 1.29 is 0 Å². The van der Waals surface area contributed by atoms with E-state index >= 15 is 0 Å². The molecule has 96 valence electrons. The van der Waals surface area contributed by atoms with E-state index < -0.39 is 0 Å². The van der Waals surface area contributed by atoms with Crippen LogP contribution in [0.15, 0.2) is 42.7 Å². The van der Waals surface area contributed by atoms with Crippen molar-refractivity contribution in [1.82, 2.24) is 14.5 Å². The number of rotatable bonds is 3. The van der Waals surface area contributed by atoms with Crippen molar-refractivity contribution in [3.05, 3.63) is 59.7 Å². The number of aryl methyl sites for hydroxylation is 1. The van der Waals surface area contributed by atoms with Crippen LogP contribution in [0.5, 0.6) is 0 Å². The summed E-state index contributed by atoms with van der Waals surface area (Å²) in [6, 6.07) is 10.2. The molecule has 0 aliphatic heterocycles. The Morgan fingerprint density at radius 2 is 2.05 bits per heavy atom. The molecule has 0 bridgehead atoms. The molecule has 19 heavy (non-hydrogen) atoms. The molecule has 0 radical (unpaired) electrons. The SMILES string of the molecule is Cc1cnccc1Cn1c(CCl)nc2ccccc21. The monoisotopic (exact) mass is 271 g/mol. The molecule has 0 fully saturated rings. The lowest BCUT2D eigenvalue weighted by molar-refractivity contribution is 0.772. The molecule has 3 nitrogen and oxygen atoms in total. The highest BCUT2D eigenvalue weighted by atomic mass is 35.5. The van der Waals surface area contributed by atoms with Gasteiger partial charge in [-0.3, -0.25) is 4.98 Å². The Morgan fingerprint density at radius 1 is 1.21 bits per heavy atom. The Bertz CT molecular complexity index is 718. The number of imidazole rings is 1. The van der Waals surface area contributed by atoms with Crippen molar-refractivity contribution in [2.45, 2.75) is 19.3 Å². The molecule has 0 atom stereocenters. The molecule has 3 rings (SSSR count). The number of para-hydroxylation sites is 2. The zero-order valence-electron chi connectivity index (χ0n) is 10.7. The molecule has 0 saturated carbocycles. The molecular formula is C15H14ClN3. The number of benzene rings is 1. The molecule has 0 aliphatic carbocycles. The number of hydrogen-bond acceptors (Lipinski definition) is 2. The molecule has 0 spiro atoms. The minimum atomic E-state index is 0.415. The smallest absolute Gasteiger partial charge is 0.125 e. The summed E-state index contributed by atoms with van der Waals surface area (Å²) in [4.78, 5) is 8.70. The van der Waals surface area contributed by atoms with Crippen molar-refractivity contribution in [2.24, 2.45) is 0 Å². The van der Waals surface area contributed by atoms with Crippen molar-refractivity contribution >= 4 is 22.6 Å². The van der Waals surface area contributed by atoms with E-state index in [0.717, 1.165) is 23.4 Å². The first kappa shape index (κ1) is 12.2. The van der Waals surface area contributed by atoms with Gasteiger partial charge in [0, 0.05) is 18.9 Å². The van der Waals surface area contributed by atoms with Gasteiger partial charge in [0.2, 0.25) is 0 Å². The van der Waals surface area contributed by atoms with Gasteiger partial charge in [-0.1, -0.05) is 12.1 Å². The highest BCUT2D eigenvalue weighted by molar-refractivity contribution is 6.16. The number of fused-ring (bicyclic) bond motifs is 1. The summed E-state index contributed by atoms with van der Waals surface area (Å²) in [5, 5.41) is 0. The third kappa shape index (κ3) is 2.22. The normalized spacial score (nSPS) is 11.1. The molecule has 4 heteroatoms. The molecule has 0 unspecified atom stereocenters. The third-order valence-corrected chi connectivity index (χ3v) is 3.56. The van der Waals surface area contributed by atoms with Crippen LogP contribution in [-0.2, 0) is 12.4 Å². The Morgan fingerprint density at radius 3 is 2.84 bits per heavy atom. The van der Waals surface area contributed by atoms with Crippen LogP contribution in [-0.4, -0.2) is 14.5 Å². The maximum absolute atomic E-state index is 6.01.